The fourth-order valence-electron chi connectivity index (χ4n) is 2.34. The monoisotopic (exact) mass is 241 g/mol. The van der Waals surface area contributed by atoms with Crippen LogP contribution in [-0.4, -0.2) is 5.91 Å². The van der Waals surface area contributed by atoms with E-state index in [1.807, 2.05) is 16.8 Å². The number of rotatable bonds is 2. The van der Waals surface area contributed by atoms with Crippen molar-refractivity contribution in [3.8, 4) is 5.69 Å². The van der Waals surface area contributed by atoms with E-state index in [4.69, 9.17) is 5.73 Å². The maximum absolute atomic E-state index is 11.2. The molecule has 0 saturated heterocycles. The van der Waals surface area contributed by atoms with Crippen LogP contribution in [0.2, 0.25) is 0 Å². The molecule has 0 bridgehead atoms. The van der Waals surface area contributed by atoms with Crippen molar-refractivity contribution >= 4 is 5.91 Å². The van der Waals surface area contributed by atoms with Crippen LogP contribution in [0.1, 0.15) is 27.0 Å². The molecular weight excluding hydrogens is 224 g/mol. The summed E-state index contributed by atoms with van der Waals surface area (Å²) in [5, 5.41) is 0. The molecule has 0 aliphatic carbocycles. The number of pyridine rings is 1. The number of carbonyl (C=O) groups is 1. The molecule has 1 aromatic heterocycles. The number of amides is 1. The lowest BCUT2D eigenvalue weighted by Crippen LogP contribution is -2.33. The molecule has 3 nitrogen and oxygen atoms in total. The second kappa shape index (κ2) is 4.61. The minimum Gasteiger partial charge on any atom is -0.365 e. The number of aromatic nitrogens is 1. The summed E-state index contributed by atoms with van der Waals surface area (Å²) in [6, 6.07) is 7.81. The predicted molar refractivity (Wildman–Crippen MR) is 70.7 cm³/mol. The Morgan fingerprint density at radius 3 is 2.33 bits per heavy atom. The minimum absolute atomic E-state index is 0.410. The van der Waals surface area contributed by atoms with Gasteiger partial charge in [0, 0.05) is 17.2 Å². The van der Waals surface area contributed by atoms with Gasteiger partial charge >= 0.3 is 0 Å². The molecule has 2 aromatic rings. The van der Waals surface area contributed by atoms with Crippen molar-refractivity contribution in [3.63, 3.8) is 0 Å². The van der Waals surface area contributed by atoms with Gasteiger partial charge in [-0.05, 0) is 39.0 Å². The number of hydrogen-bond acceptors (Lipinski definition) is 1. The summed E-state index contributed by atoms with van der Waals surface area (Å²) in [6.07, 6.45) is 3.70. The van der Waals surface area contributed by atoms with E-state index in [-0.39, 0.29) is 0 Å². The highest BCUT2D eigenvalue weighted by Crippen LogP contribution is 2.16. The first-order chi connectivity index (χ1) is 8.49. The molecule has 0 aliphatic heterocycles. The van der Waals surface area contributed by atoms with Crippen LogP contribution >= 0.6 is 0 Å². The zero-order valence-electron chi connectivity index (χ0n) is 10.9. The molecule has 1 aromatic carbocycles. The van der Waals surface area contributed by atoms with E-state index >= 15 is 0 Å². The van der Waals surface area contributed by atoms with E-state index in [1.165, 1.54) is 16.7 Å². The Hall–Kier alpha value is -2.16. The highest BCUT2D eigenvalue weighted by molar-refractivity contribution is 5.92. The summed E-state index contributed by atoms with van der Waals surface area (Å²) >= 11 is 0. The fourth-order valence-corrected chi connectivity index (χ4v) is 2.34. The van der Waals surface area contributed by atoms with Crippen molar-refractivity contribution in [2.45, 2.75) is 20.8 Å². The normalized spacial score (nSPS) is 10.4. The lowest BCUT2D eigenvalue weighted by Gasteiger charge is -2.06. The Labute approximate surface area is 107 Å². The fraction of sp³-hybridized carbons (Fsp3) is 0.200. The molecule has 0 unspecified atom stereocenters. The molecule has 2 rings (SSSR count). The Kier molecular flexibility index (Phi) is 3.15. The molecular formula is C15H17N2O+. The summed E-state index contributed by atoms with van der Waals surface area (Å²) in [6.45, 7) is 6.22. The van der Waals surface area contributed by atoms with Gasteiger partial charge in [-0.1, -0.05) is 5.56 Å². The van der Waals surface area contributed by atoms with Crippen molar-refractivity contribution in [1.82, 2.24) is 0 Å². The molecule has 0 saturated carbocycles. The van der Waals surface area contributed by atoms with Gasteiger partial charge in [0.1, 0.15) is 5.56 Å². The number of hydrogen-bond donors (Lipinski definition) is 1. The third kappa shape index (κ3) is 2.25. The Morgan fingerprint density at radius 2 is 1.78 bits per heavy atom. The number of benzene rings is 1. The first-order valence-electron chi connectivity index (χ1n) is 5.88. The maximum atomic E-state index is 11.2. The van der Waals surface area contributed by atoms with E-state index in [0.717, 1.165) is 5.69 Å². The molecule has 3 heteroatoms. The van der Waals surface area contributed by atoms with E-state index in [0.29, 0.717) is 5.56 Å². The van der Waals surface area contributed by atoms with Crippen LogP contribution in [0.3, 0.4) is 0 Å². The first-order valence-corrected chi connectivity index (χ1v) is 5.88. The summed E-state index contributed by atoms with van der Waals surface area (Å²) < 4.78 is 1.95. The summed E-state index contributed by atoms with van der Waals surface area (Å²) in [7, 11) is 0. The van der Waals surface area contributed by atoms with Gasteiger partial charge < -0.3 is 5.73 Å². The second-order valence-corrected chi connectivity index (χ2v) is 4.61. The number of nitrogens with two attached hydrogens (primary N) is 1. The quantitative estimate of drug-likeness (QED) is 0.803. The third-order valence-electron chi connectivity index (χ3n) is 2.98. The SMILES string of the molecule is Cc1cc(C)c(-[n+]2cccc(C(N)=O)c2)c(C)c1. The molecule has 0 spiro atoms. The first kappa shape index (κ1) is 12.3. The van der Waals surface area contributed by atoms with E-state index in [1.54, 1.807) is 12.3 Å². The standard InChI is InChI=1S/C15H16N2O/c1-10-7-11(2)14(12(3)8-10)17-6-4-5-13(9-17)15(16)18/h4-9H,1-3H3,(H-,16,18)/p+1. The predicted octanol–water partition coefficient (Wildman–Crippen LogP) is 1.99. The third-order valence-corrected chi connectivity index (χ3v) is 2.98. The topological polar surface area (TPSA) is 47.0 Å². The van der Waals surface area contributed by atoms with Crippen molar-refractivity contribution in [2.75, 3.05) is 0 Å². The zero-order chi connectivity index (χ0) is 13.3. The lowest BCUT2D eigenvalue weighted by molar-refractivity contribution is -0.596. The Morgan fingerprint density at radius 1 is 1.17 bits per heavy atom. The maximum Gasteiger partial charge on any atom is 0.254 e. The van der Waals surface area contributed by atoms with Crippen LogP contribution < -0.4 is 10.3 Å². The molecule has 18 heavy (non-hydrogen) atoms. The van der Waals surface area contributed by atoms with Crippen molar-refractivity contribution in [2.24, 2.45) is 5.73 Å². The van der Waals surface area contributed by atoms with Gasteiger partial charge in [0.2, 0.25) is 5.69 Å². The van der Waals surface area contributed by atoms with Crippen molar-refractivity contribution < 1.29 is 9.36 Å². The lowest BCUT2D eigenvalue weighted by atomic mass is 10.0. The molecule has 0 fully saturated rings. The summed E-state index contributed by atoms with van der Waals surface area (Å²) in [5.41, 5.74) is 10.5. The number of carbonyl (C=O) groups excluding carboxylic acids is 1. The minimum atomic E-state index is -0.410. The van der Waals surface area contributed by atoms with Gasteiger partial charge in [-0.25, -0.2) is 0 Å². The van der Waals surface area contributed by atoms with Crippen molar-refractivity contribution in [1.29, 1.82) is 0 Å². The Balaban J connectivity index is 2.62. The number of nitrogens with zero attached hydrogens (tertiary/aromatic N) is 1. The molecule has 2 N–H and O–H groups in total. The van der Waals surface area contributed by atoms with Crippen LogP contribution in [0.25, 0.3) is 5.69 Å². The largest absolute Gasteiger partial charge is 0.365 e. The van der Waals surface area contributed by atoms with Gasteiger partial charge in [-0.2, -0.15) is 4.57 Å². The second-order valence-electron chi connectivity index (χ2n) is 4.61. The van der Waals surface area contributed by atoms with Crippen molar-refractivity contribution in [3.05, 3.63) is 58.9 Å². The Bertz CT molecular complexity index is 595. The highest BCUT2D eigenvalue weighted by atomic mass is 16.1. The van der Waals surface area contributed by atoms with Crippen LogP contribution in [0, 0.1) is 20.8 Å². The number of primary amides is 1. The molecule has 0 atom stereocenters. The molecule has 1 heterocycles. The van der Waals surface area contributed by atoms with Gasteiger partial charge in [0.15, 0.2) is 12.4 Å². The van der Waals surface area contributed by atoms with Crippen LogP contribution in [0.15, 0.2) is 36.7 Å². The van der Waals surface area contributed by atoms with Gasteiger partial charge in [0.05, 0.1) is 0 Å². The van der Waals surface area contributed by atoms with E-state index < -0.39 is 5.91 Å². The van der Waals surface area contributed by atoms with E-state index in [9.17, 15) is 4.79 Å². The average Bonchev–Trinajstić information content (AvgIpc) is 2.28. The van der Waals surface area contributed by atoms with Gasteiger partial charge in [-0.3, -0.25) is 4.79 Å². The van der Waals surface area contributed by atoms with Crippen LogP contribution in [0.4, 0.5) is 0 Å². The molecule has 0 aliphatic rings. The van der Waals surface area contributed by atoms with Gasteiger partial charge in [-0.15, -0.1) is 0 Å². The molecule has 92 valence electrons. The zero-order valence-corrected chi connectivity index (χ0v) is 10.9. The number of aryl methyl sites for hydroxylation is 3. The highest BCUT2D eigenvalue weighted by Gasteiger charge is 2.15. The summed E-state index contributed by atoms with van der Waals surface area (Å²) in [5.74, 6) is -0.410. The van der Waals surface area contributed by atoms with Crippen LogP contribution in [-0.2, 0) is 0 Å². The smallest absolute Gasteiger partial charge is 0.254 e. The van der Waals surface area contributed by atoms with Crippen LogP contribution in [0.5, 0.6) is 0 Å². The molecule has 1 amide bonds. The average molecular weight is 241 g/mol. The summed E-state index contributed by atoms with van der Waals surface area (Å²) in [4.78, 5) is 11.2. The van der Waals surface area contributed by atoms with E-state index in [2.05, 4.69) is 32.9 Å². The van der Waals surface area contributed by atoms with Gasteiger partial charge in [0.25, 0.3) is 5.91 Å². The molecule has 0 radical (unpaired) electrons.